The number of benzene rings is 1. The van der Waals surface area contributed by atoms with Crippen molar-refractivity contribution in [3.05, 3.63) is 29.8 Å². The van der Waals surface area contributed by atoms with Crippen LogP contribution in [0.3, 0.4) is 0 Å². The van der Waals surface area contributed by atoms with Crippen LogP contribution < -0.4 is 4.74 Å². The van der Waals surface area contributed by atoms with Crippen molar-refractivity contribution in [2.24, 2.45) is 11.3 Å². The van der Waals surface area contributed by atoms with Crippen LogP contribution in [0.15, 0.2) is 24.3 Å². The molecule has 0 spiro atoms. The molecule has 1 aromatic carbocycles. The van der Waals surface area contributed by atoms with Gasteiger partial charge in [0.15, 0.2) is 0 Å². The monoisotopic (exact) mass is 356 g/mol. The van der Waals surface area contributed by atoms with Crippen molar-refractivity contribution in [1.29, 1.82) is 0 Å². The third-order valence-electron chi connectivity index (χ3n) is 5.41. The van der Waals surface area contributed by atoms with Crippen LogP contribution in [0.25, 0.3) is 0 Å². The van der Waals surface area contributed by atoms with E-state index in [-0.39, 0.29) is 11.2 Å². The van der Waals surface area contributed by atoms with E-state index in [0.717, 1.165) is 50.5 Å². The van der Waals surface area contributed by atoms with E-state index in [0.29, 0.717) is 11.7 Å². The number of rotatable bonds is 7. The summed E-state index contributed by atoms with van der Waals surface area (Å²) < 4.78 is 40.4. The molecule has 1 aliphatic carbocycles. The second-order valence-corrected chi connectivity index (χ2v) is 7.44. The first-order valence-corrected chi connectivity index (χ1v) is 9.06. The summed E-state index contributed by atoms with van der Waals surface area (Å²) in [6.07, 6.45) is 3.49. The molecule has 2 rings (SSSR count). The summed E-state index contributed by atoms with van der Waals surface area (Å²) in [6.45, 7) is 3.85. The Hall–Kier alpha value is -1.52. The molecule has 1 unspecified atom stereocenters. The van der Waals surface area contributed by atoms with Gasteiger partial charge < -0.3 is 4.74 Å². The van der Waals surface area contributed by atoms with Crippen molar-refractivity contribution in [1.82, 2.24) is 0 Å². The first-order valence-electron chi connectivity index (χ1n) is 9.06. The second-order valence-electron chi connectivity index (χ2n) is 7.44. The fourth-order valence-corrected chi connectivity index (χ4v) is 3.86. The van der Waals surface area contributed by atoms with Gasteiger partial charge in [-0.3, -0.25) is 4.79 Å². The molecule has 0 radical (unpaired) electrons. The lowest BCUT2D eigenvalue weighted by Gasteiger charge is -2.35. The molecule has 2 nitrogen and oxygen atoms in total. The van der Waals surface area contributed by atoms with E-state index in [9.17, 15) is 18.0 Å². The quantitative estimate of drug-likeness (QED) is 0.591. The lowest BCUT2D eigenvalue weighted by Crippen LogP contribution is -2.32. The van der Waals surface area contributed by atoms with E-state index in [1.807, 2.05) is 0 Å². The molecule has 0 aromatic heterocycles. The van der Waals surface area contributed by atoms with Crippen molar-refractivity contribution in [3.8, 4) is 5.75 Å². The third-order valence-corrected chi connectivity index (χ3v) is 5.41. The summed E-state index contributed by atoms with van der Waals surface area (Å²) in [4.78, 5) is 12.1. The van der Waals surface area contributed by atoms with Crippen LogP contribution in [0.4, 0.5) is 13.2 Å². The van der Waals surface area contributed by atoms with E-state index >= 15 is 0 Å². The predicted octanol–water partition coefficient (Wildman–Crippen LogP) is 6.08. The third kappa shape index (κ3) is 6.05. The Morgan fingerprint density at radius 3 is 2.28 bits per heavy atom. The maximum atomic E-state index is 12.2. The highest BCUT2D eigenvalue weighted by Gasteiger charge is 2.36. The molecule has 1 atom stereocenters. The van der Waals surface area contributed by atoms with Gasteiger partial charge in [-0.2, -0.15) is 0 Å². The van der Waals surface area contributed by atoms with E-state index in [2.05, 4.69) is 11.7 Å². The first kappa shape index (κ1) is 19.8. The summed E-state index contributed by atoms with van der Waals surface area (Å²) in [5.41, 5.74) is 0.847. The largest absolute Gasteiger partial charge is 0.573 e. The minimum absolute atomic E-state index is 0.142. The van der Waals surface area contributed by atoms with E-state index in [1.54, 1.807) is 19.1 Å². The molecule has 0 saturated heterocycles. The van der Waals surface area contributed by atoms with Crippen LogP contribution in [-0.2, 0) is 11.2 Å². The summed E-state index contributed by atoms with van der Waals surface area (Å²) >= 11 is 0. The molecule has 1 saturated carbocycles. The molecule has 0 N–H and O–H groups in total. The lowest BCUT2D eigenvalue weighted by molar-refractivity contribution is -0.274. The summed E-state index contributed by atoms with van der Waals surface area (Å²) in [5, 5.41) is 0. The van der Waals surface area contributed by atoms with Gasteiger partial charge in [0.2, 0.25) is 0 Å². The van der Waals surface area contributed by atoms with Crippen LogP contribution in [0.5, 0.6) is 5.75 Å². The molecule has 25 heavy (non-hydrogen) atoms. The van der Waals surface area contributed by atoms with Gasteiger partial charge in [-0.15, -0.1) is 13.2 Å². The standard InChI is InChI=1S/C20H27F3O2/c1-15(10-13-19(16(2)24)11-4-3-5-12-19)14-17-6-8-18(9-7-17)25-20(21,22)23/h6-9,15H,3-5,10-14H2,1-2H3. The Morgan fingerprint density at radius 2 is 1.76 bits per heavy atom. The Labute approximate surface area is 147 Å². The minimum Gasteiger partial charge on any atom is -0.406 e. The summed E-state index contributed by atoms with van der Waals surface area (Å²) in [5.74, 6) is 0.502. The van der Waals surface area contributed by atoms with Crippen LogP contribution in [-0.4, -0.2) is 12.1 Å². The van der Waals surface area contributed by atoms with Gasteiger partial charge in [0.25, 0.3) is 0 Å². The summed E-state index contributed by atoms with van der Waals surface area (Å²) in [7, 11) is 0. The number of carbonyl (C=O) groups excluding carboxylic acids is 1. The molecule has 0 aliphatic heterocycles. The van der Waals surface area contributed by atoms with Gasteiger partial charge in [-0.25, -0.2) is 0 Å². The maximum Gasteiger partial charge on any atom is 0.573 e. The lowest BCUT2D eigenvalue weighted by atomic mass is 9.68. The van der Waals surface area contributed by atoms with Gasteiger partial charge >= 0.3 is 6.36 Å². The zero-order chi connectivity index (χ0) is 18.5. The molecule has 5 heteroatoms. The highest BCUT2D eigenvalue weighted by atomic mass is 19.4. The molecule has 140 valence electrons. The molecule has 0 bridgehead atoms. The van der Waals surface area contributed by atoms with Gasteiger partial charge in [-0.1, -0.05) is 38.3 Å². The second kappa shape index (κ2) is 8.24. The normalized spacial score (nSPS) is 18.6. The Balaban J connectivity index is 1.87. The van der Waals surface area contributed by atoms with Crippen LogP contribution in [0.1, 0.15) is 64.4 Å². The van der Waals surface area contributed by atoms with Gasteiger partial charge in [0.1, 0.15) is 11.5 Å². The van der Waals surface area contributed by atoms with Crippen molar-refractivity contribution in [2.75, 3.05) is 0 Å². The smallest absolute Gasteiger partial charge is 0.406 e. The van der Waals surface area contributed by atoms with E-state index in [4.69, 9.17) is 0 Å². The fourth-order valence-electron chi connectivity index (χ4n) is 3.86. The first-order chi connectivity index (χ1) is 11.7. The molecular formula is C20H27F3O2. The molecule has 1 aromatic rings. The molecular weight excluding hydrogens is 329 g/mol. The Kier molecular flexibility index (Phi) is 6.53. The highest BCUT2D eigenvalue weighted by Crippen LogP contribution is 2.42. The molecule has 0 amide bonds. The fraction of sp³-hybridized carbons (Fsp3) is 0.650. The van der Waals surface area contributed by atoms with Crippen LogP contribution in [0, 0.1) is 11.3 Å². The number of carbonyl (C=O) groups is 1. The average Bonchev–Trinajstić information content (AvgIpc) is 2.54. The Bertz CT molecular complexity index is 557. The van der Waals surface area contributed by atoms with E-state index < -0.39 is 6.36 Å². The SMILES string of the molecule is CC(=O)C1(CCC(C)Cc2ccc(OC(F)(F)F)cc2)CCCCC1. The number of hydrogen-bond donors (Lipinski definition) is 0. The number of ether oxygens (including phenoxy) is 1. The maximum absolute atomic E-state index is 12.2. The predicted molar refractivity (Wildman–Crippen MR) is 91.4 cm³/mol. The molecule has 1 fully saturated rings. The highest BCUT2D eigenvalue weighted by molar-refractivity contribution is 5.82. The number of hydrogen-bond acceptors (Lipinski definition) is 2. The van der Waals surface area contributed by atoms with E-state index in [1.165, 1.54) is 18.6 Å². The van der Waals surface area contributed by atoms with Crippen molar-refractivity contribution < 1.29 is 22.7 Å². The molecule has 0 heterocycles. The van der Waals surface area contributed by atoms with Crippen molar-refractivity contribution >= 4 is 5.78 Å². The molecule has 1 aliphatic rings. The number of alkyl halides is 3. The number of ketones is 1. The van der Waals surface area contributed by atoms with Crippen molar-refractivity contribution in [3.63, 3.8) is 0 Å². The zero-order valence-electron chi connectivity index (χ0n) is 15.0. The number of halogens is 3. The van der Waals surface area contributed by atoms with Gasteiger partial charge in [-0.05, 0) is 62.6 Å². The Morgan fingerprint density at radius 1 is 1.16 bits per heavy atom. The summed E-state index contributed by atoms with van der Waals surface area (Å²) in [6, 6.07) is 6.07. The van der Waals surface area contributed by atoms with Gasteiger partial charge in [0.05, 0.1) is 0 Å². The average molecular weight is 356 g/mol. The zero-order valence-corrected chi connectivity index (χ0v) is 15.0. The van der Waals surface area contributed by atoms with Crippen molar-refractivity contribution in [2.45, 2.75) is 71.6 Å². The minimum atomic E-state index is -4.66. The van der Waals surface area contributed by atoms with Crippen LogP contribution >= 0.6 is 0 Å². The van der Waals surface area contributed by atoms with Crippen LogP contribution in [0.2, 0.25) is 0 Å². The number of Topliss-reactive ketones (excluding diaryl/α,β-unsaturated/α-hetero) is 1. The topological polar surface area (TPSA) is 26.3 Å². The van der Waals surface area contributed by atoms with Gasteiger partial charge in [0, 0.05) is 5.41 Å².